The Labute approximate surface area is 256 Å². The average molecular weight is 656 g/mol. The lowest BCUT2D eigenvalue weighted by atomic mass is 10.1. The first-order valence-electron chi connectivity index (χ1n) is 13.2. The SMILES string of the molecule is CCOCCn1c(=NC(=O)CS(=O)(=O)CC(=O)Nc2sc(C(=O)OCC)c(C)c2C(=O)OCC)sc2cc(OC)ccc21. The fourth-order valence-electron chi connectivity index (χ4n) is 3.96. The van der Waals surface area contributed by atoms with Crippen molar-refractivity contribution in [2.24, 2.45) is 4.99 Å². The molecule has 3 aromatic rings. The summed E-state index contributed by atoms with van der Waals surface area (Å²) in [6.45, 7) is 7.90. The molecule has 0 aliphatic heterocycles. The third-order valence-corrected chi connectivity index (χ3v) is 9.43. The van der Waals surface area contributed by atoms with Gasteiger partial charge in [-0.15, -0.1) is 11.3 Å². The van der Waals surface area contributed by atoms with Crippen molar-refractivity contribution in [1.82, 2.24) is 4.57 Å². The first-order valence-corrected chi connectivity index (χ1v) is 16.7. The fourth-order valence-corrected chi connectivity index (χ4v) is 7.19. The number of benzene rings is 1. The van der Waals surface area contributed by atoms with E-state index in [-0.39, 0.29) is 39.0 Å². The van der Waals surface area contributed by atoms with Crippen molar-refractivity contribution in [1.29, 1.82) is 0 Å². The van der Waals surface area contributed by atoms with Crippen LogP contribution in [0.1, 0.15) is 46.4 Å². The molecule has 1 N–H and O–H groups in total. The van der Waals surface area contributed by atoms with Crippen LogP contribution in [0.4, 0.5) is 5.00 Å². The molecule has 0 aliphatic carbocycles. The summed E-state index contributed by atoms with van der Waals surface area (Å²) in [4.78, 5) is 54.9. The summed E-state index contributed by atoms with van der Waals surface area (Å²) in [5.74, 6) is -4.93. The molecule has 0 fully saturated rings. The second kappa shape index (κ2) is 15.2. The van der Waals surface area contributed by atoms with Crippen molar-refractivity contribution in [3.05, 3.63) is 39.0 Å². The molecule has 2 heterocycles. The lowest BCUT2D eigenvalue weighted by Gasteiger charge is -2.07. The standard InChI is InChI=1S/C27H33N3O10S3/c1-6-38-12-11-30-18-10-9-17(37-5)13-19(18)41-27(30)29-21(32)15-43(35,36)14-20(31)28-24-22(25(33)39-7-2)16(4)23(42-24)26(34)40-8-3/h9-10,13H,6-8,11-12,14-15H2,1-5H3,(H,28,31). The van der Waals surface area contributed by atoms with Crippen LogP contribution in [0, 0.1) is 6.92 Å². The average Bonchev–Trinajstić information content (AvgIpc) is 3.43. The van der Waals surface area contributed by atoms with E-state index >= 15 is 0 Å². The van der Waals surface area contributed by atoms with Gasteiger partial charge < -0.3 is 28.8 Å². The van der Waals surface area contributed by atoms with Crippen LogP contribution in [-0.4, -0.2) is 81.8 Å². The maximum atomic E-state index is 12.8. The van der Waals surface area contributed by atoms with E-state index in [9.17, 15) is 27.6 Å². The first-order chi connectivity index (χ1) is 20.4. The Morgan fingerprint density at radius 1 is 0.977 bits per heavy atom. The number of sulfone groups is 1. The molecule has 0 aliphatic rings. The van der Waals surface area contributed by atoms with E-state index in [1.54, 1.807) is 30.5 Å². The second-order valence-electron chi connectivity index (χ2n) is 8.85. The molecule has 0 spiro atoms. The van der Waals surface area contributed by atoms with Crippen molar-refractivity contribution in [3.63, 3.8) is 0 Å². The predicted octanol–water partition coefficient (Wildman–Crippen LogP) is 2.95. The topological polar surface area (TPSA) is 169 Å². The van der Waals surface area contributed by atoms with Crippen LogP contribution in [-0.2, 0) is 40.2 Å². The minimum absolute atomic E-state index is 0.0369. The van der Waals surface area contributed by atoms with Gasteiger partial charge in [-0.3, -0.25) is 9.59 Å². The quantitative estimate of drug-likeness (QED) is 0.201. The van der Waals surface area contributed by atoms with Crippen molar-refractivity contribution in [2.75, 3.05) is 50.4 Å². The molecule has 0 unspecified atom stereocenters. The Balaban J connectivity index is 1.82. The van der Waals surface area contributed by atoms with E-state index in [4.69, 9.17) is 18.9 Å². The van der Waals surface area contributed by atoms with Crippen LogP contribution in [0.25, 0.3) is 10.2 Å². The van der Waals surface area contributed by atoms with E-state index in [0.29, 0.717) is 25.5 Å². The summed E-state index contributed by atoms with van der Waals surface area (Å²) in [5, 5.41) is 2.31. The van der Waals surface area contributed by atoms with Gasteiger partial charge in [0.25, 0.3) is 5.91 Å². The summed E-state index contributed by atoms with van der Waals surface area (Å²) < 4.78 is 48.9. The molecular weight excluding hydrogens is 623 g/mol. The minimum Gasteiger partial charge on any atom is -0.497 e. The number of thiophene rings is 1. The Morgan fingerprint density at radius 3 is 2.33 bits per heavy atom. The molecule has 0 radical (unpaired) electrons. The zero-order valence-corrected chi connectivity index (χ0v) is 26.8. The number of nitrogens with zero attached hydrogens (tertiary/aromatic N) is 2. The van der Waals surface area contributed by atoms with Crippen LogP contribution in [0.2, 0.25) is 0 Å². The van der Waals surface area contributed by atoms with Crippen LogP contribution in [0.5, 0.6) is 5.75 Å². The van der Waals surface area contributed by atoms with Crippen molar-refractivity contribution >= 4 is 71.5 Å². The highest BCUT2D eigenvalue weighted by molar-refractivity contribution is 7.92. The van der Waals surface area contributed by atoms with Gasteiger partial charge >= 0.3 is 11.9 Å². The van der Waals surface area contributed by atoms with E-state index in [1.807, 2.05) is 13.0 Å². The number of methoxy groups -OCH3 is 1. The van der Waals surface area contributed by atoms with Gasteiger partial charge in [0.1, 0.15) is 27.1 Å². The highest BCUT2D eigenvalue weighted by atomic mass is 32.2. The molecule has 2 amide bonds. The Hall–Kier alpha value is -3.60. The second-order valence-corrected chi connectivity index (χ2v) is 12.9. The highest BCUT2D eigenvalue weighted by Crippen LogP contribution is 2.34. The zero-order valence-electron chi connectivity index (χ0n) is 24.4. The van der Waals surface area contributed by atoms with Gasteiger partial charge in [-0.2, -0.15) is 4.99 Å². The largest absolute Gasteiger partial charge is 0.497 e. The number of hydrogen-bond donors (Lipinski definition) is 1. The number of esters is 2. The van der Waals surface area contributed by atoms with Gasteiger partial charge in [0.05, 0.1) is 42.7 Å². The molecule has 0 bridgehead atoms. The van der Waals surface area contributed by atoms with Gasteiger partial charge in [0.15, 0.2) is 14.6 Å². The number of aromatic nitrogens is 1. The molecule has 0 saturated carbocycles. The molecule has 13 nitrogen and oxygen atoms in total. The molecule has 0 saturated heterocycles. The van der Waals surface area contributed by atoms with Crippen molar-refractivity contribution in [2.45, 2.75) is 34.2 Å². The van der Waals surface area contributed by atoms with Crippen LogP contribution < -0.4 is 14.9 Å². The number of carbonyl (C=O) groups excluding carboxylic acids is 4. The number of thiazole rings is 1. The number of carbonyl (C=O) groups is 4. The van der Waals surface area contributed by atoms with Gasteiger partial charge in [0, 0.05) is 13.2 Å². The summed E-state index contributed by atoms with van der Waals surface area (Å²) in [6, 6.07) is 5.36. The number of hydrogen-bond acceptors (Lipinski definition) is 12. The Morgan fingerprint density at radius 2 is 1.67 bits per heavy atom. The molecule has 2 aromatic heterocycles. The Bertz CT molecular complexity index is 1690. The van der Waals surface area contributed by atoms with Gasteiger partial charge in [-0.05, 0) is 51.5 Å². The van der Waals surface area contributed by atoms with Crippen LogP contribution in [0.15, 0.2) is 23.2 Å². The molecule has 1 aromatic carbocycles. The maximum Gasteiger partial charge on any atom is 0.348 e. The number of ether oxygens (including phenoxy) is 4. The fraction of sp³-hybridized carbons (Fsp3) is 0.444. The normalized spacial score (nSPS) is 11.9. The van der Waals surface area contributed by atoms with E-state index in [0.717, 1.165) is 21.6 Å². The monoisotopic (exact) mass is 655 g/mol. The predicted molar refractivity (Wildman–Crippen MR) is 162 cm³/mol. The smallest absolute Gasteiger partial charge is 0.348 e. The molecular formula is C27H33N3O10S3. The maximum absolute atomic E-state index is 12.8. The first kappa shape index (κ1) is 33.9. The third kappa shape index (κ3) is 8.72. The van der Waals surface area contributed by atoms with E-state index in [2.05, 4.69) is 10.3 Å². The summed E-state index contributed by atoms with van der Waals surface area (Å²) >= 11 is 1.95. The number of rotatable bonds is 14. The summed E-state index contributed by atoms with van der Waals surface area (Å²) in [6.07, 6.45) is 0. The lowest BCUT2D eigenvalue weighted by Crippen LogP contribution is -2.28. The molecule has 3 rings (SSSR count). The number of fused-ring (bicyclic) bond motifs is 1. The van der Waals surface area contributed by atoms with E-state index < -0.39 is 45.1 Å². The van der Waals surface area contributed by atoms with E-state index in [1.165, 1.54) is 25.4 Å². The van der Waals surface area contributed by atoms with Crippen LogP contribution in [0.3, 0.4) is 0 Å². The molecule has 234 valence electrons. The zero-order chi connectivity index (χ0) is 31.7. The van der Waals surface area contributed by atoms with Crippen LogP contribution >= 0.6 is 22.7 Å². The lowest BCUT2D eigenvalue weighted by molar-refractivity contribution is -0.115. The Kier molecular flexibility index (Phi) is 12.0. The number of anilines is 1. The number of nitrogens with one attached hydrogen (secondary N) is 1. The van der Waals surface area contributed by atoms with Crippen molar-refractivity contribution < 1.29 is 46.5 Å². The molecule has 43 heavy (non-hydrogen) atoms. The molecule has 0 atom stereocenters. The summed E-state index contributed by atoms with van der Waals surface area (Å²) in [5.41, 5.74) is 0.919. The summed E-state index contributed by atoms with van der Waals surface area (Å²) in [7, 11) is -2.74. The minimum atomic E-state index is -4.27. The molecule has 16 heteroatoms. The van der Waals surface area contributed by atoms with Gasteiger partial charge in [-0.25, -0.2) is 18.0 Å². The van der Waals surface area contributed by atoms with Crippen molar-refractivity contribution in [3.8, 4) is 5.75 Å². The third-order valence-electron chi connectivity index (χ3n) is 5.81. The van der Waals surface area contributed by atoms with Gasteiger partial charge in [-0.1, -0.05) is 11.3 Å². The highest BCUT2D eigenvalue weighted by Gasteiger charge is 2.29. The van der Waals surface area contributed by atoms with Gasteiger partial charge in [0.2, 0.25) is 5.91 Å². The number of amides is 2.